The lowest BCUT2D eigenvalue weighted by Crippen LogP contribution is -2.27. The lowest BCUT2D eigenvalue weighted by atomic mass is 10.0. The summed E-state index contributed by atoms with van der Waals surface area (Å²) in [5.74, 6) is -0.678. The Hall–Kier alpha value is -0.510. The third-order valence-corrected chi connectivity index (χ3v) is 3.22. The molecule has 3 nitrogen and oxygen atoms in total. The molecule has 0 saturated heterocycles. The van der Waals surface area contributed by atoms with Crippen molar-refractivity contribution in [1.82, 2.24) is 0 Å². The predicted octanol–water partition coefficient (Wildman–Crippen LogP) is 2.29. The quantitative estimate of drug-likeness (QED) is 0.539. The molecule has 0 aromatic heterocycles. The Balaban J connectivity index is 4.23. The second-order valence-corrected chi connectivity index (χ2v) is 6.15. The topological polar surface area (TPSA) is 43.4 Å². The molecule has 0 aliphatic heterocycles. The number of ether oxygens (including phenoxy) is 1. The van der Waals surface area contributed by atoms with E-state index in [1.165, 1.54) is 7.11 Å². The summed E-state index contributed by atoms with van der Waals surface area (Å²) in [7, 11) is 1.31. The monoisotopic (exact) mass is 232 g/mol. The first kappa shape index (κ1) is 14.5. The molecule has 0 aromatic carbocycles. The van der Waals surface area contributed by atoms with Crippen LogP contribution in [0.15, 0.2) is 0 Å². The molecule has 0 rings (SSSR count). The summed E-state index contributed by atoms with van der Waals surface area (Å²) in [6, 6.07) is 0. The van der Waals surface area contributed by atoms with E-state index in [-0.39, 0.29) is 10.5 Å². The number of Topliss-reactive ketones (excluding diaryl/α,β-unsaturated/α-hetero) is 1. The number of ketones is 1. The molecule has 0 fully saturated rings. The number of rotatable bonds is 5. The summed E-state index contributed by atoms with van der Waals surface area (Å²) in [4.78, 5) is 23.0. The smallest absolute Gasteiger partial charge is 0.316 e. The molecule has 0 aromatic rings. The molecule has 15 heavy (non-hydrogen) atoms. The van der Waals surface area contributed by atoms with Gasteiger partial charge in [0.1, 0.15) is 5.92 Å². The van der Waals surface area contributed by atoms with Crippen LogP contribution in [-0.4, -0.2) is 29.4 Å². The van der Waals surface area contributed by atoms with Crippen LogP contribution in [0.3, 0.4) is 0 Å². The summed E-state index contributed by atoms with van der Waals surface area (Å²) in [5.41, 5.74) is 0. The highest BCUT2D eigenvalue weighted by Gasteiger charge is 2.26. The lowest BCUT2D eigenvalue weighted by Gasteiger charge is -2.18. The SMILES string of the molecule is CCC(C(=O)CSC(C)(C)C)C(=O)OC. The molecule has 88 valence electrons. The van der Waals surface area contributed by atoms with Crippen molar-refractivity contribution in [3.63, 3.8) is 0 Å². The summed E-state index contributed by atoms with van der Waals surface area (Å²) in [6.45, 7) is 7.96. The molecule has 0 spiro atoms. The second kappa shape index (κ2) is 6.16. The molecule has 4 heteroatoms. The molecule has 0 aliphatic carbocycles. The first-order valence-electron chi connectivity index (χ1n) is 5.06. The van der Waals surface area contributed by atoms with Crippen LogP contribution in [0.1, 0.15) is 34.1 Å². The fourth-order valence-electron chi connectivity index (χ4n) is 1.06. The van der Waals surface area contributed by atoms with Gasteiger partial charge in [-0.2, -0.15) is 0 Å². The van der Waals surface area contributed by atoms with Gasteiger partial charge < -0.3 is 4.74 Å². The maximum absolute atomic E-state index is 11.7. The van der Waals surface area contributed by atoms with E-state index in [1.54, 1.807) is 11.8 Å². The fourth-order valence-corrected chi connectivity index (χ4v) is 1.83. The highest BCUT2D eigenvalue weighted by Crippen LogP contribution is 2.24. The summed E-state index contributed by atoms with van der Waals surface area (Å²) < 4.78 is 4.63. The van der Waals surface area contributed by atoms with Gasteiger partial charge in [-0.15, -0.1) is 11.8 Å². The van der Waals surface area contributed by atoms with Crippen LogP contribution in [0.4, 0.5) is 0 Å². The Morgan fingerprint density at radius 2 is 1.87 bits per heavy atom. The van der Waals surface area contributed by atoms with E-state index in [0.717, 1.165) is 0 Å². The highest BCUT2D eigenvalue weighted by molar-refractivity contribution is 8.01. The van der Waals surface area contributed by atoms with Crippen molar-refractivity contribution in [2.24, 2.45) is 5.92 Å². The number of carbonyl (C=O) groups is 2. The highest BCUT2D eigenvalue weighted by atomic mass is 32.2. The largest absolute Gasteiger partial charge is 0.468 e. The molecule has 1 atom stereocenters. The summed E-state index contributed by atoms with van der Waals surface area (Å²) in [5, 5.41) is 0. The molecular formula is C11H20O3S. The fraction of sp³-hybridized carbons (Fsp3) is 0.818. The Bertz CT molecular complexity index is 230. The van der Waals surface area contributed by atoms with Crippen molar-refractivity contribution in [2.75, 3.05) is 12.9 Å². The van der Waals surface area contributed by atoms with Crippen molar-refractivity contribution in [3.8, 4) is 0 Å². The third kappa shape index (κ3) is 5.82. The zero-order valence-corrected chi connectivity index (χ0v) is 10.9. The molecule has 0 aliphatic rings. The number of hydrogen-bond donors (Lipinski definition) is 0. The van der Waals surface area contributed by atoms with Crippen LogP contribution in [0.25, 0.3) is 0 Å². The number of esters is 1. The Morgan fingerprint density at radius 1 is 1.33 bits per heavy atom. The number of carbonyl (C=O) groups excluding carboxylic acids is 2. The van der Waals surface area contributed by atoms with Crippen LogP contribution in [-0.2, 0) is 14.3 Å². The van der Waals surface area contributed by atoms with E-state index in [0.29, 0.717) is 12.2 Å². The van der Waals surface area contributed by atoms with Crippen LogP contribution in [0.5, 0.6) is 0 Å². The number of hydrogen-bond acceptors (Lipinski definition) is 4. The maximum Gasteiger partial charge on any atom is 0.316 e. The van der Waals surface area contributed by atoms with Crippen LogP contribution < -0.4 is 0 Å². The standard InChI is InChI=1S/C11H20O3S/c1-6-8(10(13)14-5)9(12)7-15-11(2,3)4/h8H,6-7H2,1-5H3. The second-order valence-electron chi connectivity index (χ2n) is 4.35. The van der Waals surface area contributed by atoms with E-state index in [9.17, 15) is 9.59 Å². The number of methoxy groups -OCH3 is 1. The van der Waals surface area contributed by atoms with Gasteiger partial charge in [0.2, 0.25) is 0 Å². The van der Waals surface area contributed by atoms with Crippen LogP contribution in [0, 0.1) is 5.92 Å². The Labute approximate surface area is 95.9 Å². The first-order chi connectivity index (χ1) is 6.81. The van der Waals surface area contributed by atoms with E-state index < -0.39 is 11.9 Å². The van der Waals surface area contributed by atoms with Crippen molar-refractivity contribution in [2.45, 2.75) is 38.9 Å². The van der Waals surface area contributed by atoms with Crippen molar-refractivity contribution in [3.05, 3.63) is 0 Å². The van der Waals surface area contributed by atoms with Crippen molar-refractivity contribution < 1.29 is 14.3 Å². The lowest BCUT2D eigenvalue weighted by molar-refractivity contribution is -0.148. The molecule has 0 N–H and O–H groups in total. The summed E-state index contributed by atoms with van der Waals surface area (Å²) >= 11 is 1.56. The van der Waals surface area contributed by atoms with E-state index in [1.807, 2.05) is 27.7 Å². The van der Waals surface area contributed by atoms with Crippen LogP contribution in [0.2, 0.25) is 0 Å². The molecule has 1 unspecified atom stereocenters. The first-order valence-corrected chi connectivity index (χ1v) is 6.05. The van der Waals surface area contributed by atoms with Crippen molar-refractivity contribution >= 4 is 23.5 Å². The average molecular weight is 232 g/mol. The maximum atomic E-state index is 11.7. The minimum absolute atomic E-state index is 0.0377. The van der Waals surface area contributed by atoms with Gasteiger partial charge in [0.05, 0.1) is 12.9 Å². The molecule has 0 bridgehead atoms. The van der Waals surface area contributed by atoms with E-state index in [4.69, 9.17) is 0 Å². The Kier molecular flexibility index (Phi) is 5.95. The van der Waals surface area contributed by atoms with Gasteiger partial charge in [-0.3, -0.25) is 9.59 Å². The Morgan fingerprint density at radius 3 is 2.20 bits per heavy atom. The summed E-state index contributed by atoms with van der Waals surface area (Å²) in [6.07, 6.45) is 0.510. The van der Waals surface area contributed by atoms with Gasteiger partial charge >= 0.3 is 5.97 Å². The van der Waals surface area contributed by atoms with Crippen molar-refractivity contribution in [1.29, 1.82) is 0 Å². The zero-order chi connectivity index (χ0) is 12.1. The van der Waals surface area contributed by atoms with Gasteiger partial charge in [0.25, 0.3) is 0 Å². The van der Waals surface area contributed by atoms with Gasteiger partial charge in [0, 0.05) is 4.75 Å². The van der Waals surface area contributed by atoms with Gasteiger partial charge in [-0.1, -0.05) is 27.7 Å². The molecule has 0 saturated carbocycles. The molecular weight excluding hydrogens is 212 g/mol. The average Bonchev–Trinajstić information content (AvgIpc) is 2.14. The normalized spacial score (nSPS) is 13.4. The zero-order valence-electron chi connectivity index (χ0n) is 10.1. The minimum Gasteiger partial charge on any atom is -0.468 e. The number of thioether (sulfide) groups is 1. The molecule has 0 heterocycles. The minimum atomic E-state index is -0.593. The van der Waals surface area contributed by atoms with E-state index in [2.05, 4.69) is 4.74 Å². The molecule has 0 radical (unpaired) electrons. The van der Waals surface area contributed by atoms with Gasteiger partial charge in [-0.05, 0) is 6.42 Å². The van der Waals surface area contributed by atoms with Gasteiger partial charge in [0.15, 0.2) is 5.78 Å². The molecule has 0 amide bonds. The third-order valence-electron chi connectivity index (χ3n) is 1.93. The van der Waals surface area contributed by atoms with Gasteiger partial charge in [-0.25, -0.2) is 0 Å². The van der Waals surface area contributed by atoms with Crippen LogP contribution >= 0.6 is 11.8 Å². The predicted molar refractivity (Wildman–Crippen MR) is 63.0 cm³/mol. The van der Waals surface area contributed by atoms with E-state index >= 15 is 0 Å².